The van der Waals surface area contributed by atoms with Crippen LogP contribution in [0.25, 0.3) is 11.1 Å². The number of hydrogen-bond acceptors (Lipinski definition) is 8. The number of rotatable bonds is 10. The van der Waals surface area contributed by atoms with Crippen molar-refractivity contribution in [2.45, 2.75) is 58.4 Å². The smallest absolute Gasteiger partial charge is 0.417 e. The number of carbonyl (C=O) groups excluding carboxylic acids is 1. The van der Waals surface area contributed by atoms with Gasteiger partial charge < -0.3 is 25.3 Å². The Bertz CT molecular complexity index is 1780. The van der Waals surface area contributed by atoms with Gasteiger partial charge in [0.1, 0.15) is 17.5 Å². The van der Waals surface area contributed by atoms with Gasteiger partial charge in [0.05, 0.1) is 29.1 Å². The third kappa shape index (κ3) is 7.54. The molecule has 0 atom stereocenters. The SMILES string of the molecule is CC(C)CN/C=C(\C=N)OC1CCN(c2ccc(-c3ccc(N4C(=S)N(c5ccc(C#N)c(C(F)(F)F)c5)C(=O)C4(C)C)cc3)cn2)CC1. The lowest BCUT2D eigenvalue weighted by Gasteiger charge is -2.33. The molecule has 9 nitrogen and oxygen atoms in total. The standard InChI is InChI=1S/C36H38F3N7O2S/c1-23(2)20-42-22-30(19-41)48-29-13-15-44(16-14-29)32-12-8-26(21-43-32)24-5-9-27(10-6-24)46-34(49)45(33(47)35(46,3)4)28-11-7-25(18-40)31(17-28)36(37,38)39/h5-12,17,19,21-23,29,41-42H,13-16,20H2,1-4H3/b30-22+,41-19?. The summed E-state index contributed by atoms with van der Waals surface area (Å²) in [7, 11) is 0. The van der Waals surface area contributed by atoms with Crippen LogP contribution < -0.4 is 20.0 Å². The molecule has 3 heterocycles. The zero-order chi connectivity index (χ0) is 35.5. The monoisotopic (exact) mass is 689 g/mol. The largest absolute Gasteiger partial charge is 0.487 e. The number of allylic oxidation sites excluding steroid dienone is 1. The topological polar surface area (TPSA) is 109 Å². The molecule has 49 heavy (non-hydrogen) atoms. The number of ether oxygens (including phenoxy) is 1. The Kier molecular flexibility index (Phi) is 10.3. The number of carbonyl (C=O) groups is 1. The maximum atomic E-state index is 13.7. The first kappa shape index (κ1) is 35.3. The minimum atomic E-state index is -4.77. The van der Waals surface area contributed by atoms with E-state index in [9.17, 15) is 23.2 Å². The number of anilines is 3. The van der Waals surface area contributed by atoms with Gasteiger partial charge in [-0.05, 0) is 80.0 Å². The average Bonchev–Trinajstić information content (AvgIpc) is 3.26. The van der Waals surface area contributed by atoms with Crippen LogP contribution in [0.2, 0.25) is 0 Å². The molecule has 2 aromatic carbocycles. The number of nitrogens with one attached hydrogen (secondary N) is 2. The number of piperidine rings is 1. The average molecular weight is 690 g/mol. The van der Waals surface area contributed by atoms with Crippen LogP contribution in [0, 0.1) is 22.7 Å². The summed E-state index contributed by atoms with van der Waals surface area (Å²) >= 11 is 5.66. The lowest BCUT2D eigenvalue weighted by atomic mass is 10.0. The second-order valence-corrected chi connectivity index (χ2v) is 13.3. The van der Waals surface area contributed by atoms with Gasteiger partial charge in [0, 0.05) is 56.1 Å². The van der Waals surface area contributed by atoms with Gasteiger partial charge in [0.15, 0.2) is 10.9 Å². The van der Waals surface area contributed by atoms with Crippen LogP contribution in [-0.4, -0.2) is 53.5 Å². The first-order valence-corrected chi connectivity index (χ1v) is 16.4. The third-order valence-electron chi connectivity index (χ3n) is 8.54. The van der Waals surface area contributed by atoms with E-state index in [2.05, 4.69) is 24.1 Å². The molecule has 1 amide bonds. The fourth-order valence-corrected chi connectivity index (χ4v) is 6.43. The lowest BCUT2D eigenvalue weighted by molar-refractivity contribution is -0.137. The molecule has 2 N–H and O–H groups in total. The van der Waals surface area contributed by atoms with Gasteiger partial charge in [-0.1, -0.05) is 26.0 Å². The predicted molar refractivity (Wildman–Crippen MR) is 189 cm³/mol. The molecule has 1 aromatic heterocycles. The Hall–Kier alpha value is -4.96. The second-order valence-electron chi connectivity index (χ2n) is 12.9. The molecule has 5 rings (SSSR count). The van der Waals surface area contributed by atoms with Crippen molar-refractivity contribution in [1.82, 2.24) is 10.3 Å². The number of hydrogen-bond donors (Lipinski definition) is 2. The normalized spacial score (nSPS) is 17.0. The minimum Gasteiger partial charge on any atom is -0.487 e. The van der Waals surface area contributed by atoms with E-state index in [1.165, 1.54) is 12.3 Å². The zero-order valence-corrected chi connectivity index (χ0v) is 28.5. The van der Waals surface area contributed by atoms with Gasteiger partial charge in [-0.25, -0.2) is 4.98 Å². The summed E-state index contributed by atoms with van der Waals surface area (Å²) in [4.78, 5) is 23.2. The maximum Gasteiger partial charge on any atom is 0.417 e. The Morgan fingerprint density at radius 3 is 2.35 bits per heavy atom. The van der Waals surface area contributed by atoms with Gasteiger partial charge in [0.25, 0.3) is 5.91 Å². The first-order valence-electron chi connectivity index (χ1n) is 16.0. The maximum absolute atomic E-state index is 13.7. The fourth-order valence-electron chi connectivity index (χ4n) is 5.91. The summed E-state index contributed by atoms with van der Waals surface area (Å²) in [6, 6.07) is 16.1. The molecule has 0 aliphatic carbocycles. The number of alkyl halides is 3. The van der Waals surface area contributed by atoms with E-state index in [1.807, 2.05) is 42.6 Å². The second kappa shape index (κ2) is 14.3. The summed E-state index contributed by atoms with van der Waals surface area (Å²) in [6.07, 6.45) is 1.67. The molecule has 2 aliphatic heterocycles. The number of benzene rings is 2. The van der Waals surface area contributed by atoms with Gasteiger partial charge >= 0.3 is 6.18 Å². The molecule has 0 bridgehead atoms. The van der Waals surface area contributed by atoms with Crippen molar-refractivity contribution in [3.05, 3.63) is 83.9 Å². The highest BCUT2D eigenvalue weighted by molar-refractivity contribution is 7.81. The van der Waals surface area contributed by atoms with Gasteiger partial charge in [-0.15, -0.1) is 0 Å². The summed E-state index contributed by atoms with van der Waals surface area (Å²) < 4.78 is 47.1. The van der Waals surface area contributed by atoms with Gasteiger partial charge in [-0.2, -0.15) is 18.4 Å². The Balaban J connectivity index is 1.25. The third-order valence-corrected chi connectivity index (χ3v) is 8.91. The van der Waals surface area contributed by atoms with Crippen molar-refractivity contribution in [2.75, 3.05) is 34.3 Å². The van der Waals surface area contributed by atoms with Crippen molar-refractivity contribution >= 4 is 46.6 Å². The van der Waals surface area contributed by atoms with E-state index in [0.29, 0.717) is 17.4 Å². The molecule has 0 saturated carbocycles. The Morgan fingerprint density at radius 2 is 1.78 bits per heavy atom. The number of amides is 1. The molecule has 13 heteroatoms. The van der Waals surface area contributed by atoms with E-state index in [-0.39, 0.29) is 16.9 Å². The Labute approximate surface area is 289 Å². The van der Waals surface area contributed by atoms with E-state index in [1.54, 1.807) is 31.0 Å². The highest BCUT2D eigenvalue weighted by atomic mass is 32.1. The minimum absolute atomic E-state index is 0.0278. The number of nitriles is 1. The summed E-state index contributed by atoms with van der Waals surface area (Å²) in [5.74, 6) is 1.40. The highest BCUT2D eigenvalue weighted by Gasteiger charge is 2.50. The fraction of sp³-hybridized carbons (Fsp3) is 0.361. The van der Waals surface area contributed by atoms with Crippen molar-refractivity contribution in [3.63, 3.8) is 0 Å². The number of thiocarbonyl (C=S) groups is 1. The van der Waals surface area contributed by atoms with Crippen LogP contribution in [-0.2, 0) is 15.7 Å². The van der Waals surface area contributed by atoms with Crippen molar-refractivity contribution < 1.29 is 22.7 Å². The van der Waals surface area contributed by atoms with Crippen LogP contribution in [0.4, 0.5) is 30.4 Å². The van der Waals surface area contributed by atoms with Gasteiger partial charge in [-0.3, -0.25) is 9.69 Å². The van der Waals surface area contributed by atoms with Crippen LogP contribution in [0.15, 0.2) is 72.8 Å². The van der Waals surface area contributed by atoms with Crippen LogP contribution in [0.5, 0.6) is 0 Å². The van der Waals surface area contributed by atoms with E-state index in [0.717, 1.165) is 66.5 Å². The molecule has 0 unspecified atom stereocenters. The predicted octanol–water partition coefficient (Wildman–Crippen LogP) is 7.28. The molecule has 2 fully saturated rings. The molecule has 3 aromatic rings. The molecular formula is C36H38F3N7O2S. The zero-order valence-electron chi connectivity index (χ0n) is 27.7. The number of pyridine rings is 1. The van der Waals surface area contributed by atoms with E-state index < -0.39 is 28.7 Å². The molecule has 256 valence electrons. The lowest BCUT2D eigenvalue weighted by Crippen LogP contribution is -2.44. The van der Waals surface area contributed by atoms with Crippen molar-refractivity contribution in [3.8, 4) is 17.2 Å². The van der Waals surface area contributed by atoms with Crippen molar-refractivity contribution in [2.24, 2.45) is 5.92 Å². The van der Waals surface area contributed by atoms with Crippen LogP contribution >= 0.6 is 12.2 Å². The number of nitrogens with zero attached hydrogens (tertiary/aromatic N) is 5. The highest BCUT2D eigenvalue weighted by Crippen LogP contribution is 2.40. The molecule has 2 saturated heterocycles. The van der Waals surface area contributed by atoms with E-state index in [4.69, 9.17) is 27.3 Å². The number of aromatic nitrogens is 1. The molecule has 0 radical (unpaired) electrons. The Morgan fingerprint density at radius 1 is 1.12 bits per heavy atom. The molecule has 2 aliphatic rings. The summed E-state index contributed by atoms with van der Waals surface area (Å²) in [5.41, 5.74) is -0.521. The first-order chi connectivity index (χ1) is 23.2. The summed E-state index contributed by atoms with van der Waals surface area (Å²) in [5, 5.41) is 20.1. The van der Waals surface area contributed by atoms with Crippen LogP contribution in [0.3, 0.4) is 0 Å². The quantitative estimate of drug-likeness (QED) is 0.130. The molecule has 0 spiro atoms. The number of halogens is 3. The van der Waals surface area contributed by atoms with Crippen molar-refractivity contribution in [1.29, 1.82) is 10.7 Å². The van der Waals surface area contributed by atoms with E-state index >= 15 is 0 Å². The van der Waals surface area contributed by atoms with Gasteiger partial charge in [0.2, 0.25) is 0 Å². The summed E-state index contributed by atoms with van der Waals surface area (Å²) in [6.45, 7) is 9.93. The van der Waals surface area contributed by atoms with Crippen LogP contribution in [0.1, 0.15) is 51.7 Å². The molecular weight excluding hydrogens is 652 g/mol.